The Bertz CT molecular complexity index is 911. The summed E-state index contributed by atoms with van der Waals surface area (Å²) >= 11 is 0. The summed E-state index contributed by atoms with van der Waals surface area (Å²) in [7, 11) is -0.871. The number of aliphatic hydroxyl groups is 1. The predicted octanol–water partition coefficient (Wildman–Crippen LogP) is 4.41. The van der Waals surface area contributed by atoms with Gasteiger partial charge in [-0.05, 0) is 73.7 Å². The second kappa shape index (κ2) is 10.5. The number of benzene rings is 2. The molecule has 0 saturated carbocycles. The molecule has 0 aliphatic rings. The first kappa shape index (κ1) is 25.1. The van der Waals surface area contributed by atoms with Gasteiger partial charge in [0.1, 0.15) is 5.75 Å². The first-order valence-electron chi connectivity index (χ1n) is 10.3. The molecule has 0 heterocycles. The monoisotopic (exact) mass is 462 g/mol. The molecule has 0 fully saturated rings. The highest BCUT2D eigenvalue weighted by atomic mass is 28.4. The molecule has 0 bridgehead atoms. The number of methoxy groups -OCH3 is 2. The number of carbonyl (C=O) groups excluding carboxylic acids is 1. The van der Waals surface area contributed by atoms with Crippen molar-refractivity contribution in [1.29, 1.82) is 0 Å². The molecule has 8 heteroatoms. The molecule has 2 aromatic rings. The van der Waals surface area contributed by atoms with Crippen LogP contribution in [0, 0.1) is 0 Å². The van der Waals surface area contributed by atoms with E-state index in [9.17, 15) is 9.90 Å². The molecule has 6 nitrogen and oxygen atoms in total. The number of carbonyl (C=O) groups is 1. The van der Waals surface area contributed by atoms with E-state index in [0.29, 0.717) is 17.2 Å². The lowest BCUT2D eigenvalue weighted by molar-refractivity contribution is -0.132. The van der Waals surface area contributed by atoms with E-state index in [4.69, 9.17) is 18.3 Å². The van der Waals surface area contributed by atoms with Gasteiger partial charge < -0.3 is 23.4 Å². The summed E-state index contributed by atoms with van der Waals surface area (Å²) in [5, 5.41) is 9.60. The van der Waals surface area contributed by atoms with Crippen molar-refractivity contribution in [2.24, 2.45) is 0 Å². The molecule has 0 amide bonds. The predicted molar refractivity (Wildman–Crippen MR) is 127 cm³/mol. The first-order chi connectivity index (χ1) is 14.5. The summed E-state index contributed by atoms with van der Waals surface area (Å²) in [6, 6.07) is 13.3. The van der Waals surface area contributed by atoms with Crippen molar-refractivity contribution in [3.8, 4) is 17.2 Å². The van der Waals surface area contributed by atoms with Crippen LogP contribution in [-0.2, 0) is 27.6 Å². The Kier molecular flexibility index (Phi) is 8.47. The Hall–Kier alpha value is -2.14. The summed E-state index contributed by atoms with van der Waals surface area (Å²) in [6.45, 7) is 10.2. The van der Waals surface area contributed by atoms with Crippen molar-refractivity contribution in [2.45, 2.75) is 51.8 Å². The van der Waals surface area contributed by atoms with Crippen LogP contribution in [0.1, 0.15) is 23.6 Å². The number of rotatable bonds is 10. The fraction of sp³-hybridized carbons (Fsp3) is 0.435. The van der Waals surface area contributed by atoms with Crippen LogP contribution in [0.2, 0.25) is 26.2 Å². The van der Waals surface area contributed by atoms with Crippen LogP contribution in [0.4, 0.5) is 0 Å². The lowest BCUT2D eigenvalue weighted by Crippen LogP contribution is -2.47. The number of hydrogen-bond donors (Lipinski definition) is 1. The largest absolute Gasteiger partial charge is 0.496 e. The molecule has 31 heavy (non-hydrogen) atoms. The van der Waals surface area contributed by atoms with Crippen LogP contribution < -0.4 is 14.2 Å². The highest BCUT2D eigenvalue weighted by Crippen LogP contribution is 2.31. The number of hydrogen-bond acceptors (Lipinski definition) is 6. The maximum Gasteiger partial charge on any atom is 0.308 e. The van der Waals surface area contributed by atoms with Gasteiger partial charge in [-0.2, -0.15) is 0 Å². The second-order valence-corrected chi connectivity index (χ2v) is 17.4. The second-order valence-electron chi connectivity index (χ2n) is 8.86. The molecule has 1 N–H and O–H groups in total. The minimum Gasteiger partial charge on any atom is -0.496 e. The topological polar surface area (TPSA) is 74.2 Å². The fourth-order valence-corrected chi connectivity index (χ4v) is 12.9. The van der Waals surface area contributed by atoms with E-state index in [0.717, 1.165) is 28.8 Å². The van der Waals surface area contributed by atoms with Crippen LogP contribution in [0.25, 0.3) is 0 Å². The van der Waals surface area contributed by atoms with Crippen molar-refractivity contribution in [2.75, 3.05) is 14.2 Å². The summed E-state index contributed by atoms with van der Waals surface area (Å²) in [6.07, 6.45) is 0. The minimum absolute atomic E-state index is 0.0503. The van der Waals surface area contributed by atoms with E-state index >= 15 is 0 Å². The van der Waals surface area contributed by atoms with E-state index in [1.807, 2.05) is 30.3 Å². The third kappa shape index (κ3) is 7.50. The smallest absolute Gasteiger partial charge is 0.308 e. The molecule has 0 aliphatic carbocycles. The normalized spacial score (nSPS) is 11.9. The van der Waals surface area contributed by atoms with Crippen molar-refractivity contribution >= 4 is 22.6 Å². The molecule has 0 aromatic heterocycles. The molecule has 0 aliphatic heterocycles. The van der Waals surface area contributed by atoms with E-state index in [2.05, 4.69) is 26.2 Å². The van der Waals surface area contributed by atoms with Gasteiger partial charge in [0.05, 0.1) is 20.8 Å². The van der Waals surface area contributed by atoms with Gasteiger partial charge in [-0.1, -0.05) is 12.1 Å². The summed E-state index contributed by atoms with van der Waals surface area (Å²) in [4.78, 5) is 11.3. The molecule has 0 spiro atoms. The summed E-state index contributed by atoms with van der Waals surface area (Å²) in [5.74, 6) is 1.30. The molecule has 170 valence electrons. The third-order valence-corrected chi connectivity index (χ3v) is 11.7. The van der Waals surface area contributed by atoms with Gasteiger partial charge in [-0.3, -0.25) is 4.79 Å². The Labute approximate surface area is 187 Å². The zero-order chi connectivity index (χ0) is 23.2. The molecular formula is C23H34O6Si2. The lowest BCUT2D eigenvalue weighted by Gasteiger charge is -2.34. The first-order valence-corrected chi connectivity index (χ1v) is 16.5. The number of aliphatic hydroxyl groups excluding tert-OH is 1. The van der Waals surface area contributed by atoms with Gasteiger partial charge in [-0.15, -0.1) is 0 Å². The van der Waals surface area contributed by atoms with Crippen LogP contribution in [0.15, 0.2) is 36.4 Å². The number of esters is 1. The van der Waals surface area contributed by atoms with E-state index in [1.165, 1.54) is 6.92 Å². The molecule has 2 aromatic carbocycles. The van der Waals surface area contributed by atoms with E-state index in [1.54, 1.807) is 20.3 Å². The molecule has 0 atom stereocenters. The average molecular weight is 463 g/mol. The quantitative estimate of drug-likeness (QED) is 0.320. The minimum atomic E-state index is -2.03. The van der Waals surface area contributed by atoms with Crippen molar-refractivity contribution in [1.82, 2.24) is 0 Å². The Balaban J connectivity index is 2.12. The van der Waals surface area contributed by atoms with Crippen molar-refractivity contribution in [3.05, 3.63) is 53.1 Å². The van der Waals surface area contributed by atoms with Gasteiger partial charge in [0, 0.05) is 12.5 Å². The zero-order valence-electron chi connectivity index (χ0n) is 19.6. The van der Waals surface area contributed by atoms with Gasteiger partial charge in [0.2, 0.25) is 0 Å². The Morgan fingerprint density at radius 1 is 0.839 bits per heavy atom. The lowest BCUT2D eigenvalue weighted by atomic mass is 10.1. The van der Waals surface area contributed by atoms with Crippen LogP contribution in [0.5, 0.6) is 17.2 Å². The van der Waals surface area contributed by atoms with Gasteiger partial charge in [0.25, 0.3) is 0 Å². The highest BCUT2D eigenvalue weighted by Gasteiger charge is 2.33. The number of ether oxygens (including phenoxy) is 3. The molecule has 2 rings (SSSR count). The molecule has 0 unspecified atom stereocenters. The maximum atomic E-state index is 11.3. The zero-order valence-corrected chi connectivity index (χ0v) is 21.6. The third-order valence-electron chi connectivity index (χ3n) is 4.81. The van der Waals surface area contributed by atoms with E-state index < -0.39 is 16.6 Å². The fourth-order valence-electron chi connectivity index (χ4n) is 3.93. The van der Waals surface area contributed by atoms with Gasteiger partial charge in [-0.25, -0.2) is 0 Å². The standard InChI is InChI=1S/C23H34O6Si2/c1-17(25)28-22-11-9-19(13-23(22)27-3)16-31(6,7)29-30(4,5)15-18-8-10-21(26-2)20(12-18)14-24/h8-13,24H,14-16H2,1-7H3. The Morgan fingerprint density at radius 3 is 1.84 bits per heavy atom. The maximum absolute atomic E-state index is 11.3. The van der Waals surface area contributed by atoms with Gasteiger partial charge in [0.15, 0.2) is 28.1 Å². The highest BCUT2D eigenvalue weighted by molar-refractivity contribution is 6.84. The van der Waals surface area contributed by atoms with Crippen LogP contribution in [-0.4, -0.2) is 41.9 Å². The summed E-state index contributed by atoms with van der Waals surface area (Å²) < 4.78 is 22.7. The van der Waals surface area contributed by atoms with Crippen LogP contribution in [0.3, 0.4) is 0 Å². The van der Waals surface area contributed by atoms with E-state index in [-0.39, 0.29) is 12.6 Å². The van der Waals surface area contributed by atoms with Crippen LogP contribution >= 0.6 is 0 Å². The summed E-state index contributed by atoms with van der Waals surface area (Å²) in [5.41, 5.74) is 3.04. The Morgan fingerprint density at radius 2 is 1.35 bits per heavy atom. The molecular weight excluding hydrogens is 428 g/mol. The van der Waals surface area contributed by atoms with Crippen molar-refractivity contribution < 1.29 is 28.2 Å². The van der Waals surface area contributed by atoms with Crippen molar-refractivity contribution in [3.63, 3.8) is 0 Å². The SMILES string of the molecule is COc1ccc(C[Si](C)(C)O[Si](C)(C)Cc2ccc(OC(C)=O)c(OC)c2)cc1CO. The molecule has 0 saturated heterocycles. The molecule has 0 radical (unpaired) electrons. The van der Waals surface area contributed by atoms with Gasteiger partial charge >= 0.3 is 5.97 Å². The average Bonchev–Trinajstić information content (AvgIpc) is 2.67.